The van der Waals surface area contributed by atoms with Crippen LogP contribution in [0.1, 0.15) is 37.4 Å². The number of methoxy groups -OCH3 is 1. The largest absolute Gasteiger partial charge is 0.463 e. The maximum absolute atomic E-state index is 11.7. The highest BCUT2D eigenvalue weighted by Crippen LogP contribution is 2.32. The third-order valence-electron chi connectivity index (χ3n) is 4.05. The lowest BCUT2D eigenvalue weighted by atomic mass is 10.1. The van der Waals surface area contributed by atoms with E-state index in [0.717, 1.165) is 0 Å². The minimum atomic E-state index is -1.11. The number of carbonyl (C=O) groups is 4. The number of ether oxygens (including phenoxy) is 5. The third-order valence-corrected chi connectivity index (χ3v) is 4.05. The Hall–Kier alpha value is -3.21. The minimum absolute atomic E-state index is 0.142. The molecule has 1 aliphatic heterocycles. The molecule has 1 fully saturated rings. The van der Waals surface area contributed by atoms with E-state index in [1.54, 1.807) is 0 Å². The maximum atomic E-state index is 11.7. The summed E-state index contributed by atoms with van der Waals surface area (Å²) in [5.74, 6) is -2.31. The normalized spacial score (nSPS) is 23.2. The number of hydrogen-bond acceptors (Lipinski definition) is 9. The van der Waals surface area contributed by atoms with Crippen LogP contribution in [0.25, 0.3) is 0 Å². The van der Waals surface area contributed by atoms with E-state index in [1.807, 2.05) is 0 Å². The first-order valence-corrected chi connectivity index (χ1v) is 8.66. The fourth-order valence-electron chi connectivity index (χ4n) is 2.94. The molecule has 1 saturated heterocycles. The summed E-state index contributed by atoms with van der Waals surface area (Å²) in [6.07, 6.45) is -2.82. The smallest absolute Gasteiger partial charge is 0.369 e. The Bertz CT molecular complexity index is 811. The molecule has 0 aromatic carbocycles. The summed E-state index contributed by atoms with van der Waals surface area (Å²) in [7, 11) is 1.39. The van der Waals surface area contributed by atoms with E-state index >= 15 is 0 Å². The first-order chi connectivity index (χ1) is 13.6. The number of hydrogen-bond donors (Lipinski definition) is 1. The van der Waals surface area contributed by atoms with Crippen LogP contribution in [-0.4, -0.2) is 55.8 Å². The van der Waals surface area contributed by atoms with Gasteiger partial charge >= 0.3 is 30.0 Å². The molecule has 158 valence electrons. The summed E-state index contributed by atoms with van der Waals surface area (Å²) in [5.41, 5.74) is 5.49. The molecule has 0 unspecified atom stereocenters. The first kappa shape index (κ1) is 22.1. The molecular weight excluding hydrogens is 388 g/mol. The molecule has 1 amide bonds. The van der Waals surface area contributed by atoms with E-state index in [9.17, 15) is 19.2 Å². The number of rotatable bonds is 7. The Labute approximate surface area is 166 Å². The number of carbonyl (C=O) groups excluding carboxylic acids is 4. The van der Waals surface area contributed by atoms with Crippen molar-refractivity contribution in [2.45, 2.75) is 45.3 Å². The van der Waals surface area contributed by atoms with Crippen molar-refractivity contribution in [1.29, 1.82) is 0 Å². The topological polar surface area (TPSA) is 144 Å². The summed E-state index contributed by atoms with van der Waals surface area (Å²) < 4.78 is 28.2. The van der Waals surface area contributed by atoms with Crippen LogP contribution in [0.2, 0.25) is 0 Å². The van der Waals surface area contributed by atoms with Gasteiger partial charge in [-0.1, -0.05) is 0 Å². The summed E-state index contributed by atoms with van der Waals surface area (Å²) >= 11 is 0. The second-order valence-electron chi connectivity index (χ2n) is 6.25. The Morgan fingerprint density at radius 3 is 2.17 bits per heavy atom. The van der Waals surface area contributed by atoms with E-state index in [4.69, 9.17) is 29.4 Å². The van der Waals surface area contributed by atoms with E-state index in [1.165, 1.54) is 50.8 Å². The van der Waals surface area contributed by atoms with Crippen molar-refractivity contribution < 1.29 is 47.4 Å². The molecule has 2 rings (SSSR count). The van der Waals surface area contributed by atoms with Crippen molar-refractivity contribution in [3.8, 4) is 5.88 Å². The predicted octanol–water partition coefficient (Wildman–Crippen LogP) is -0.594. The second kappa shape index (κ2) is 9.32. The average Bonchev–Trinajstić information content (AvgIpc) is 2.95. The monoisotopic (exact) mass is 411 g/mol. The molecule has 11 heteroatoms. The molecule has 0 bridgehead atoms. The van der Waals surface area contributed by atoms with Crippen LogP contribution in [0.4, 0.5) is 0 Å². The molecule has 2 heterocycles. The number of esters is 3. The fraction of sp³-hybridized carbons (Fsp3) is 0.500. The molecule has 0 radical (unpaired) electrons. The first-order valence-electron chi connectivity index (χ1n) is 8.66. The lowest BCUT2D eigenvalue weighted by molar-refractivity contribution is -0.768. The Morgan fingerprint density at radius 1 is 1.03 bits per heavy atom. The van der Waals surface area contributed by atoms with Crippen molar-refractivity contribution in [2.24, 2.45) is 5.73 Å². The summed E-state index contributed by atoms with van der Waals surface area (Å²) in [6, 6.07) is 2.93. The third kappa shape index (κ3) is 5.41. The lowest BCUT2D eigenvalue weighted by Crippen LogP contribution is -2.49. The maximum Gasteiger partial charge on any atom is 0.369 e. The molecule has 29 heavy (non-hydrogen) atoms. The zero-order valence-electron chi connectivity index (χ0n) is 16.4. The standard InChI is InChI=1S/C18H22N2O9/c1-9(21)26-8-13-15(27-10(2)22)16(28-11(3)23)18(29-13)20-7-12(17(19)24)5-6-14(20)25-4/h5-7,13,15-16,18H,8H2,1-4H3,(H-,19,24)/p+1/t13-,15-,16-,18-/m1/s1. The summed E-state index contributed by atoms with van der Waals surface area (Å²) in [4.78, 5) is 46.1. The molecule has 0 saturated carbocycles. The van der Waals surface area contributed by atoms with Gasteiger partial charge in [-0.2, -0.15) is 0 Å². The molecular formula is C18H23N2O9+. The molecule has 1 aromatic heterocycles. The summed E-state index contributed by atoms with van der Waals surface area (Å²) in [6.45, 7) is 3.33. The van der Waals surface area contributed by atoms with Crippen molar-refractivity contribution in [3.05, 3.63) is 23.9 Å². The molecule has 1 aromatic rings. The van der Waals surface area contributed by atoms with Crippen molar-refractivity contribution in [3.63, 3.8) is 0 Å². The van der Waals surface area contributed by atoms with Gasteiger partial charge in [0, 0.05) is 20.8 Å². The minimum Gasteiger partial charge on any atom is -0.463 e. The van der Waals surface area contributed by atoms with Gasteiger partial charge in [-0.25, -0.2) is 0 Å². The molecule has 0 aliphatic carbocycles. The number of primary amides is 1. The Balaban J connectivity index is 2.50. The van der Waals surface area contributed by atoms with E-state index in [-0.39, 0.29) is 18.1 Å². The van der Waals surface area contributed by atoms with Crippen LogP contribution >= 0.6 is 0 Å². The van der Waals surface area contributed by atoms with Crippen LogP contribution in [0.3, 0.4) is 0 Å². The highest BCUT2D eigenvalue weighted by Gasteiger charge is 2.55. The van der Waals surface area contributed by atoms with Gasteiger partial charge in [0.15, 0.2) is 12.3 Å². The van der Waals surface area contributed by atoms with Gasteiger partial charge in [0.2, 0.25) is 6.10 Å². The predicted molar refractivity (Wildman–Crippen MR) is 93.4 cm³/mol. The number of pyridine rings is 1. The number of aromatic nitrogens is 1. The molecule has 2 N–H and O–H groups in total. The van der Waals surface area contributed by atoms with Crippen LogP contribution in [0.15, 0.2) is 18.3 Å². The number of nitrogens with two attached hydrogens (primary N) is 1. The molecule has 11 nitrogen and oxygen atoms in total. The van der Waals surface area contributed by atoms with Gasteiger partial charge in [0.05, 0.1) is 13.2 Å². The fourth-order valence-corrected chi connectivity index (χ4v) is 2.94. The van der Waals surface area contributed by atoms with Crippen LogP contribution < -0.4 is 15.0 Å². The zero-order valence-corrected chi connectivity index (χ0v) is 16.4. The van der Waals surface area contributed by atoms with Gasteiger partial charge in [-0.3, -0.25) is 19.2 Å². The molecule has 4 atom stereocenters. The van der Waals surface area contributed by atoms with E-state index in [0.29, 0.717) is 0 Å². The van der Waals surface area contributed by atoms with Gasteiger partial charge in [0.25, 0.3) is 5.91 Å². The number of amides is 1. The highest BCUT2D eigenvalue weighted by atomic mass is 16.7. The lowest BCUT2D eigenvalue weighted by Gasteiger charge is -2.21. The van der Waals surface area contributed by atoms with Crippen LogP contribution in [-0.2, 0) is 33.3 Å². The highest BCUT2D eigenvalue weighted by molar-refractivity contribution is 5.92. The van der Waals surface area contributed by atoms with Crippen LogP contribution in [0, 0.1) is 0 Å². The van der Waals surface area contributed by atoms with Crippen molar-refractivity contribution in [1.82, 2.24) is 0 Å². The van der Waals surface area contributed by atoms with Gasteiger partial charge in [-0.15, -0.1) is 4.57 Å². The quantitative estimate of drug-likeness (QED) is 0.353. The number of nitrogens with zero attached hydrogens (tertiary/aromatic N) is 1. The molecule has 0 spiro atoms. The SMILES string of the molecule is COc1ccc(C(N)=O)c[n+]1[C@@H]1O[C@H](COC(C)=O)[C@@H](OC(C)=O)[C@H]1OC(C)=O. The van der Waals surface area contributed by atoms with E-state index in [2.05, 4.69) is 0 Å². The van der Waals surface area contributed by atoms with Crippen LogP contribution in [0.5, 0.6) is 5.88 Å². The molecule has 1 aliphatic rings. The summed E-state index contributed by atoms with van der Waals surface area (Å²) in [5, 5.41) is 0. The average molecular weight is 411 g/mol. The Kier molecular flexibility index (Phi) is 7.10. The van der Waals surface area contributed by atoms with Gasteiger partial charge in [-0.05, 0) is 6.07 Å². The second-order valence-corrected chi connectivity index (χ2v) is 6.25. The van der Waals surface area contributed by atoms with Crippen molar-refractivity contribution >= 4 is 23.8 Å². The van der Waals surface area contributed by atoms with E-state index < -0.39 is 48.4 Å². The zero-order chi connectivity index (χ0) is 21.7. The van der Waals surface area contributed by atoms with Gasteiger partial charge in [0.1, 0.15) is 18.3 Å². The van der Waals surface area contributed by atoms with Crippen molar-refractivity contribution in [2.75, 3.05) is 13.7 Å². The Morgan fingerprint density at radius 2 is 1.66 bits per heavy atom. The van der Waals surface area contributed by atoms with Gasteiger partial charge < -0.3 is 29.4 Å².